The van der Waals surface area contributed by atoms with E-state index in [1.807, 2.05) is 0 Å². The lowest BCUT2D eigenvalue weighted by molar-refractivity contribution is -0.0509. The number of hydrogen-bond acceptors (Lipinski definition) is 8. The van der Waals surface area contributed by atoms with E-state index in [1.54, 1.807) is 0 Å². The summed E-state index contributed by atoms with van der Waals surface area (Å²) in [6.07, 6.45) is -3.22. The highest BCUT2D eigenvalue weighted by Crippen LogP contribution is 2.34. The minimum atomic E-state index is -1.28. The molecule has 4 atom stereocenters. The second-order valence-corrected chi connectivity index (χ2v) is 4.75. The maximum Gasteiger partial charge on any atom is 0.207 e. The summed E-state index contributed by atoms with van der Waals surface area (Å²) < 4.78 is 6.70. The van der Waals surface area contributed by atoms with Crippen LogP contribution in [0.2, 0.25) is 5.28 Å². The molecule has 0 saturated carbocycles. The number of aromatic nitrogens is 4. The SMILES string of the molecule is Nc1ncnc2c1nc(Cl)n2[C@@H]1O[C@H](CO)C(O)[C@H]1O. The second-order valence-electron chi connectivity index (χ2n) is 4.41. The third-order valence-corrected chi connectivity index (χ3v) is 3.50. The fourth-order valence-electron chi connectivity index (χ4n) is 2.22. The maximum absolute atomic E-state index is 10.0. The molecule has 1 saturated heterocycles. The fourth-order valence-corrected chi connectivity index (χ4v) is 2.48. The molecule has 1 unspecified atom stereocenters. The lowest BCUT2D eigenvalue weighted by Gasteiger charge is -2.17. The van der Waals surface area contributed by atoms with Gasteiger partial charge in [0.15, 0.2) is 23.2 Å². The van der Waals surface area contributed by atoms with E-state index in [9.17, 15) is 10.2 Å². The predicted molar refractivity (Wildman–Crippen MR) is 67.8 cm³/mol. The van der Waals surface area contributed by atoms with Gasteiger partial charge in [0.25, 0.3) is 0 Å². The van der Waals surface area contributed by atoms with E-state index >= 15 is 0 Å². The Morgan fingerprint density at radius 3 is 2.75 bits per heavy atom. The monoisotopic (exact) mass is 301 g/mol. The molecule has 3 rings (SSSR count). The number of fused-ring (bicyclic) bond motifs is 1. The van der Waals surface area contributed by atoms with Crippen LogP contribution in [0.25, 0.3) is 11.2 Å². The van der Waals surface area contributed by atoms with Crippen LogP contribution in [0.3, 0.4) is 0 Å². The summed E-state index contributed by atoms with van der Waals surface area (Å²) in [6.45, 7) is -0.434. The molecular weight excluding hydrogens is 290 g/mol. The van der Waals surface area contributed by atoms with Gasteiger partial charge in [0.2, 0.25) is 5.28 Å². The molecule has 0 bridgehead atoms. The Bertz CT molecular complexity index is 650. The zero-order valence-corrected chi connectivity index (χ0v) is 10.8. The quantitative estimate of drug-likeness (QED) is 0.500. The Labute approximate surface area is 117 Å². The molecule has 1 aliphatic rings. The Balaban J connectivity index is 2.11. The van der Waals surface area contributed by atoms with E-state index in [0.717, 1.165) is 0 Å². The number of imidazole rings is 1. The highest BCUT2D eigenvalue weighted by Gasteiger charge is 2.44. The normalized spacial score (nSPS) is 30.2. The molecule has 2 aromatic rings. The number of rotatable bonds is 2. The number of ether oxygens (including phenoxy) is 1. The van der Waals surface area contributed by atoms with Crippen LogP contribution in [0.15, 0.2) is 6.33 Å². The number of nitrogen functional groups attached to an aromatic ring is 1. The molecule has 0 spiro atoms. The lowest BCUT2D eigenvalue weighted by Crippen LogP contribution is -2.33. The zero-order chi connectivity index (χ0) is 14.4. The molecule has 5 N–H and O–H groups in total. The van der Waals surface area contributed by atoms with Crippen LogP contribution in [-0.2, 0) is 4.74 Å². The van der Waals surface area contributed by atoms with E-state index < -0.39 is 31.1 Å². The molecule has 0 radical (unpaired) electrons. The molecular formula is C10H12ClN5O4. The van der Waals surface area contributed by atoms with E-state index in [4.69, 9.17) is 27.2 Å². The topological polar surface area (TPSA) is 140 Å². The number of aliphatic hydroxyl groups excluding tert-OH is 3. The van der Waals surface area contributed by atoms with Gasteiger partial charge in [-0.2, -0.15) is 0 Å². The average molecular weight is 302 g/mol. The van der Waals surface area contributed by atoms with E-state index in [1.165, 1.54) is 10.9 Å². The van der Waals surface area contributed by atoms with Gasteiger partial charge >= 0.3 is 0 Å². The summed E-state index contributed by atoms with van der Waals surface area (Å²) >= 11 is 6.02. The number of nitrogens with zero attached hydrogens (tertiary/aromatic N) is 4. The van der Waals surface area contributed by atoms with Gasteiger partial charge in [-0.05, 0) is 11.6 Å². The molecule has 2 aromatic heterocycles. The van der Waals surface area contributed by atoms with Crippen molar-refractivity contribution in [1.29, 1.82) is 0 Å². The first kappa shape index (κ1) is 13.5. The first-order valence-electron chi connectivity index (χ1n) is 5.81. The van der Waals surface area contributed by atoms with Gasteiger partial charge in [0.1, 0.15) is 24.6 Å². The Kier molecular flexibility index (Phi) is 3.22. The lowest BCUT2D eigenvalue weighted by atomic mass is 10.1. The first-order valence-corrected chi connectivity index (χ1v) is 6.18. The van der Waals surface area contributed by atoms with Gasteiger partial charge < -0.3 is 25.8 Å². The Morgan fingerprint density at radius 2 is 2.10 bits per heavy atom. The number of hydrogen-bond donors (Lipinski definition) is 4. The van der Waals surface area contributed by atoms with Crippen molar-refractivity contribution in [2.45, 2.75) is 24.5 Å². The van der Waals surface area contributed by atoms with Crippen molar-refractivity contribution in [2.24, 2.45) is 0 Å². The molecule has 1 aliphatic heterocycles. The molecule has 0 amide bonds. The van der Waals surface area contributed by atoms with Crippen molar-refractivity contribution in [3.63, 3.8) is 0 Å². The molecule has 0 aromatic carbocycles. The first-order chi connectivity index (χ1) is 9.54. The average Bonchev–Trinajstić information content (AvgIpc) is 2.90. The minimum absolute atomic E-state index is 0.0120. The van der Waals surface area contributed by atoms with Gasteiger partial charge in [-0.3, -0.25) is 4.57 Å². The van der Waals surface area contributed by atoms with Gasteiger partial charge in [-0.1, -0.05) is 0 Å². The smallest absolute Gasteiger partial charge is 0.207 e. The van der Waals surface area contributed by atoms with E-state index in [0.29, 0.717) is 0 Å². The Morgan fingerprint density at radius 1 is 1.35 bits per heavy atom. The summed E-state index contributed by atoms with van der Waals surface area (Å²) in [5, 5.41) is 28.9. The third-order valence-electron chi connectivity index (χ3n) is 3.23. The van der Waals surface area contributed by atoms with E-state index in [2.05, 4.69) is 15.0 Å². The van der Waals surface area contributed by atoms with Crippen LogP contribution in [0.1, 0.15) is 6.23 Å². The fraction of sp³-hybridized carbons (Fsp3) is 0.500. The molecule has 108 valence electrons. The van der Waals surface area contributed by atoms with Crippen LogP contribution in [0.4, 0.5) is 5.82 Å². The highest BCUT2D eigenvalue weighted by molar-refractivity contribution is 6.29. The molecule has 20 heavy (non-hydrogen) atoms. The summed E-state index contributed by atoms with van der Waals surface area (Å²) in [5.41, 5.74) is 6.22. The summed E-state index contributed by atoms with van der Waals surface area (Å²) in [6, 6.07) is 0. The van der Waals surface area contributed by atoms with Gasteiger partial charge in [0.05, 0.1) is 6.61 Å². The molecule has 1 fully saturated rings. The van der Waals surface area contributed by atoms with Crippen LogP contribution in [-0.4, -0.2) is 59.8 Å². The molecule has 10 heteroatoms. The van der Waals surface area contributed by atoms with Gasteiger partial charge in [0, 0.05) is 0 Å². The minimum Gasteiger partial charge on any atom is -0.394 e. The predicted octanol–water partition coefficient (Wildman–Crippen LogP) is -1.33. The largest absolute Gasteiger partial charge is 0.394 e. The van der Waals surface area contributed by atoms with Crippen LogP contribution in [0.5, 0.6) is 0 Å². The highest BCUT2D eigenvalue weighted by atomic mass is 35.5. The molecule has 3 heterocycles. The number of anilines is 1. The molecule has 0 aliphatic carbocycles. The van der Waals surface area contributed by atoms with Crippen LogP contribution in [0, 0.1) is 0 Å². The van der Waals surface area contributed by atoms with Crippen molar-refractivity contribution >= 4 is 28.6 Å². The van der Waals surface area contributed by atoms with Crippen molar-refractivity contribution in [1.82, 2.24) is 19.5 Å². The van der Waals surface area contributed by atoms with E-state index in [-0.39, 0.29) is 22.3 Å². The van der Waals surface area contributed by atoms with Gasteiger partial charge in [-0.25, -0.2) is 15.0 Å². The van der Waals surface area contributed by atoms with Crippen molar-refractivity contribution < 1.29 is 20.1 Å². The van der Waals surface area contributed by atoms with Crippen molar-refractivity contribution in [3.05, 3.63) is 11.6 Å². The van der Waals surface area contributed by atoms with Crippen molar-refractivity contribution in [2.75, 3.05) is 12.3 Å². The number of aliphatic hydroxyl groups is 3. The molecule has 9 nitrogen and oxygen atoms in total. The summed E-state index contributed by atoms with van der Waals surface area (Å²) in [4.78, 5) is 11.8. The number of halogens is 1. The third kappa shape index (κ3) is 1.83. The zero-order valence-electron chi connectivity index (χ0n) is 10.1. The van der Waals surface area contributed by atoms with Crippen LogP contribution < -0.4 is 5.73 Å². The second kappa shape index (κ2) is 4.79. The summed E-state index contributed by atoms with van der Waals surface area (Å²) in [7, 11) is 0. The number of nitrogens with two attached hydrogens (primary N) is 1. The van der Waals surface area contributed by atoms with Crippen molar-refractivity contribution in [3.8, 4) is 0 Å². The van der Waals surface area contributed by atoms with Crippen LogP contribution >= 0.6 is 11.6 Å². The van der Waals surface area contributed by atoms with Gasteiger partial charge in [-0.15, -0.1) is 0 Å². The Hall–Kier alpha value is -1.52. The summed E-state index contributed by atoms with van der Waals surface area (Å²) in [5.74, 6) is 0.141. The standard InChI is InChI=1S/C10H12ClN5O4/c11-10-15-4-7(12)13-2-14-8(4)16(10)9-6(19)5(18)3(1-17)20-9/h2-3,5-6,9,17-19H,1H2,(H2,12,13,14)/t3-,5?,6-,9-/m1/s1. The maximum atomic E-state index is 10.0.